The minimum Gasteiger partial charge on any atom is -0.428 e. The zero-order valence-corrected chi connectivity index (χ0v) is 25.6. The maximum absolute atomic E-state index is 15.0. The summed E-state index contributed by atoms with van der Waals surface area (Å²) in [5.74, 6) is -2.73. The molecule has 246 valence electrons. The van der Waals surface area contributed by atoms with Crippen LogP contribution in [0.5, 0.6) is 0 Å². The molecule has 2 atom stereocenters. The molecular weight excluding hydrogens is 616 g/mol. The zero-order valence-electron chi connectivity index (χ0n) is 25.6. The van der Waals surface area contributed by atoms with Crippen molar-refractivity contribution in [2.24, 2.45) is 0 Å². The van der Waals surface area contributed by atoms with Crippen molar-refractivity contribution in [2.75, 3.05) is 25.5 Å². The highest BCUT2D eigenvalue weighted by atomic mass is 19.1. The van der Waals surface area contributed by atoms with Crippen LogP contribution in [0.2, 0.25) is 0 Å². The largest absolute Gasteiger partial charge is 0.428 e. The zero-order chi connectivity index (χ0) is 33.3. The van der Waals surface area contributed by atoms with Crippen LogP contribution in [-0.4, -0.2) is 54.4 Å². The molecule has 3 aromatic carbocycles. The summed E-state index contributed by atoms with van der Waals surface area (Å²) in [6.45, 7) is 0.660. The van der Waals surface area contributed by atoms with Gasteiger partial charge in [0, 0.05) is 38.0 Å². The standard InChI is InChI=1S/C35H34F4N4O4/c1-43(20-22-2-8-25(36)9-3-22)35(45)47-34-21-46-28(17-41-34)14-15-29-31(39)18-40-19-32(29)42-33(44)16-30(23-4-10-26(37)11-5-23)24-6-12-27(38)13-7-24/h2-13,18-19,28,30,34,41H,14-17,20-21H2,1H3,(H,42,44)/t28-,34+/m1/s1. The van der Waals surface area contributed by atoms with Crippen molar-refractivity contribution in [3.05, 3.63) is 131 Å². The SMILES string of the molecule is CN(Cc1ccc(F)cc1)C(=O)O[C@H]1CO[C@H](CCc2c(F)cncc2NC(=O)CC(c2ccc(F)cc2)c2ccc(F)cc2)CN1. The Balaban J connectivity index is 1.14. The van der Waals surface area contributed by atoms with E-state index in [4.69, 9.17) is 9.47 Å². The van der Waals surface area contributed by atoms with E-state index in [-0.39, 0.29) is 49.2 Å². The molecule has 0 spiro atoms. The van der Waals surface area contributed by atoms with Gasteiger partial charge in [-0.1, -0.05) is 36.4 Å². The van der Waals surface area contributed by atoms with Crippen molar-refractivity contribution in [3.63, 3.8) is 0 Å². The Morgan fingerprint density at radius 3 is 2.11 bits per heavy atom. The lowest BCUT2D eigenvalue weighted by Crippen LogP contribution is -2.49. The molecule has 1 saturated heterocycles. The van der Waals surface area contributed by atoms with E-state index < -0.39 is 41.6 Å². The summed E-state index contributed by atoms with van der Waals surface area (Å²) in [5.41, 5.74) is 2.55. The lowest BCUT2D eigenvalue weighted by molar-refractivity contribution is -0.116. The Hall–Kier alpha value is -4.81. The van der Waals surface area contributed by atoms with Crippen LogP contribution in [0.1, 0.15) is 41.0 Å². The number of carbonyl (C=O) groups is 2. The highest BCUT2D eigenvalue weighted by Crippen LogP contribution is 2.30. The fourth-order valence-corrected chi connectivity index (χ4v) is 5.34. The second kappa shape index (κ2) is 15.7. The van der Waals surface area contributed by atoms with Crippen LogP contribution >= 0.6 is 0 Å². The molecule has 2 amide bonds. The van der Waals surface area contributed by atoms with E-state index in [0.29, 0.717) is 24.1 Å². The quantitative estimate of drug-likeness (QED) is 0.185. The van der Waals surface area contributed by atoms with Gasteiger partial charge in [-0.2, -0.15) is 0 Å². The molecule has 0 saturated carbocycles. The van der Waals surface area contributed by atoms with Crippen molar-refractivity contribution in [2.45, 2.75) is 44.1 Å². The fourth-order valence-electron chi connectivity index (χ4n) is 5.34. The van der Waals surface area contributed by atoms with E-state index in [1.54, 1.807) is 43.4 Å². The third kappa shape index (κ3) is 9.36. The van der Waals surface area contributed by atoms with Crippen LogP contribution in [0.3, 0.4) is 0 Å². The predicted molar refractivity (Wildman–Crippen MR) is 166 cm³/mol. The van der Waals surface area contributed by atoms with Gasteiger partial charge in [0.1, 0.15) is 23.3 Å². The Morgan fingerprint density at radius 2 is 1.53 bits per heavy atom. The van der Waals surface area contributed by atoms with E-state index in [0.717, 1.165) is 11.8 Å². The molecular formula is C35H34F4N4O4. The van der Waals surface area contributed by atoms with Crippen molar-refractivity contribution in [1.82, 2.24) is 15.2 Å². The van der Waals surface area contributed by atoms with Crippen LogP contribution in [0.15, 0.2) is 85.2 Å². The number of anilines is 1. The van der Waals surface area contributed by atoms with Crippen LogP contribution in [0.4, 0.5) is 28.0 Å². The summed E-state index contributed by atoms with van der Waals surface area (Å²) in [6.07, 6.45) is 1.42. The highest BCUT2D eigenvalue weighted by molar-refractivity contribution is 5.92. The lowest BCUT2D eigenvalue weighted by Gasteiger charge is -2.31. The number of nitrogens with one attached hydrogen (secondary N) is 2. The van der Waals surface area contributed by atoms with Gasteiger partial charge >= 0.3 is 6.09 Å². The third-order valence-electron chi connectivity index (χ3n) is 7.87. The summed E-state index contributed by atoms with van der Waals surface area (Å²) in [6, 6.07) is 17.3. The number of rotatable bonds is 11. The first-order valence-electron chi connectivity index (χ1n) is 15.1. The van der Waals surface area contributed by atoms with Crippen molar-refractivity contribution >= 4 is 17.7 Å². The first-order valence-corrected chi connectivity index (χ1v) is 15.1. The minimum atomic E-state index is -0.683. The van der Waals surface area contributed by atoms with E-state index in [2.05, 4.69) is 15.6 Å². The summed E-state index contributed by atoms with van der Waals surface area (Å²) in [4.78, 5) is 31.0. The smallest absolute Gasteiger partial charge is 0.411 e. The minimum absolute atomic E-state index is 0.0674. The summed E-state index contributed by atoms with van der Waals surface area (Å²) < 4.78 is 66.7. The number of amides is 2. The first-order chi connectivity index (χ1) is 22.6. The van der Waals surface area contributed by atoms with Gasteiger partial charge in [0.25, 0.3) is 0 Å². The van der Waals surface area contributed by atoms with Gasteiger partial charge in [0.15, 0.2) is 6.23 Å². The van der Waals surface area contributed by atoms with Crippen molar-refractivity contribution in [3.8, 4) is 0 Å². The molecule has 2 heterocycles. The van der Waals surface area contributed by atoms with Gasteiger partial charge in [0.2, 0.25) is 5.91 Å². The molecule has 8 nitrogen and oxygen atoms in total. The van der Waals surface area contributed by atoms with E-state index in [1.807, 2.05) is 0 Å². The van der Waals surface area contributed by atoms with Crippen LogP contribution in [0, 0.1) is 23.3 Å². The first kappa shape index (κ1) is 33.6. The maximum atomic E-state index is 15.0. The number of hydrogen-bond donors (Lipinski definition) is 2. The molecule has 4 aromatic rings. The number of hydrogen-bond acceptors (Lipinski definition) is 6. The number of nitrogens with zero attached hydrogens (tertiary/aromatic N) is 2. The molecule has 12 heteroatoms. The average molecular weight is 651 g/mol. The molecule has 47 heavy (non-hydrogen) atoms. The second-order valence-electron chi connectivity index (χ2n) is 11.3. The van der Waals surface area contributed by atoms with E-state index in [1.165, 1.54) is 47.5 Å². The van der Waals surface area contributed by atoms with Gasteiger partial charge in [-0.05, 0) is 65.9 Å². The molecule has 0 aliphatic carbocycles. The van der Waals surface area contributed by atoms with Gasteiger partial charge in [-0.25, -0.2) is 22.4 Å². The van der Waals surface area contributed by atoms with Crippen molar-refractivity contribution in [1.29, 1.82) is 0 Å². The summed E-state index contributed by atoms with van der Waals surface area (Å²) >= 11 is 0. The number of aromatic nitrogens is 1. The summed E-state index contributed by atoms with van der Waals surface area (Å²) in [7, 11) is 1.57. The molecule has 1 fully saturated rings. The average Bonchev–Trinajstić information content (AvgIpc) is 3.06. The fraction of sp³-hybridized carbons (Fsp3) is 0.286. The number of benzene rings is 3. The monoisotopic (exact) mass is 650 g/mol. The van der Waals surface area contributed by atoms with Crippen LogP contribution < -0.4 is 10.6 Å². The topological polar surface area (TPSA) is 92.8 Å². The Bertz CT molecular complexity index is 1600. The Morgan fingerprint density at radius 1 is 0.936 bits per heavy atom. The van der Waals surface area contributed by atoms with Gasteiger partial charge in [-0.3, -0.25) is 15.1 Å². The number of morpholine rings is 1. The van der Waals surface area contributed by atoms with Crippen LogP contribution in [-0.2, 0) is 27.2 Å². The van der Waals surface area contributed by atoms with Crippen molar-refractivity contribution < 1.29 is 36.6 Å². The lowest BCUT2D eigenvalue weighted by atomic mass is 9.88. The third-order valence-corrected chi connectivity index (χ3v) is 7.87. The van der Waals surface area contributed by atoms with Crippen LogP contribution in [0.25, 0.3) is 0 Å². The molecule has 1 aliphatic heterocycles. The maximum Gasteiger partial charge on any atom is 0.411 e. The van der Waals surface area contributed by atoms with Gasteiger partial charge < -0.3 is 19.7 Å². The molecule has 1 aliphatic rings. The number of pyridine rings is 1. The number of carbonyl (C=O) groups excluding carboxylic acids is 2. The molecule has 0 unspecified atom stereocenters. The predicted octanol–water partition coefficient (Wildman–Crippen LogP) is 6.31. The number of ether oxygens (including phenoxy) is 2. The van der Waals surface area contributed by atoms with E-state index in [9.17, 15) is 27.2 Å². The summed E-state index contributed by atoms with van der Waals surface area (Å²) in [5, 5.41) is 5.88. The van der Waals surface area contributed by atoms with Gasteiger partial charge in [-0.15, -0.1) is 0 Å². The molecule has 0 radical (unpaired) electrons. The molecule has 2 N–H and O–H groups in total. The molecule has 1 aromatic heterocycles. The highest BCUT2D eigenvalue weighted by Gasteiger charge is 2.26. The molecule has 5 rings (SSSR count). The normalized spacial score (nSPS) is 16.1. The Labute approximate surface area is 269 Å². The van der Waals surface area contributed by atoms with E-state index >= 15 is 0 Å². The second-order valence-corrected chi connectivity index (χ2v) is 11.3. The molecule has 0 bridgehead atoms. The van der Waals surface area contributed by atoms with Gasteiger partial charge in [0.05, 0.1) is 30.8 Å². The number of halogens is 4. The Kier molecular flexibility index (Phi) is 11.2.